The van der Waals surface area contributed by atoms with Gasteiger partial charge < -0.3 is 14.0 Å². The van der Waals surface area contributed by atoms with Crippen molar-refractivity contribution in [1.29, 1.82) is 0 Å². The van der Waals surface area contributed by atoms with Crippen molar-refractivity contribution in [3.8, 4) is 0 Å². The predicted octanol–water partition coefficient (Wildman–Crippen LogP) is 1.45. The first-order chi connectivity index (χ1) is 10.2. The van der Waals surface area contributed by atoms with E-state index in [0.29, 0.717) is 13.0 Å². The van der Waals surface area contributed by atoms with E-state index < -0.39 is 0 Å². The Hall–Kier alpha value is -1.40. The average Bonchev–Trinajstić information content (AvgIpc) is 3.15. The summed E-state index contributed by atoms with van der Waals surface area (Å²) < 4.78 is 12.6. The second-order valence-electron chi connectivity index (χ2n) is 5.37. The van der Waals surface area contributed by atoms with Crippen molar-refractivity contribution in [1.82, 2.24) is 14.5 Å². The Bertz CT molecular complexity index is 441. The zero-order valence-corrected chi connectivity index (χ0v) is 13.0. The fourth-order valence-electron chi connectivity index (χ4n) is 2.66. The number of hydrogen-bond donors (Lipinski definition) is 0. The van der Waals surface area contributed by atoms with Crippen molar-refractivity contribution >= 4 is 5.97 Å². The highest BCUT2D eigenvalue weighted by atomic mass is 16.5. The maximum absolute atomic E-state index is 11.4. The van der Waals surface area contributed by atoms with Crippen molar-refractivity contribution in [2.75, 3.05) is 26.8 Å². The third-order valence-electron chi connectivity index (χ3n) is 3.87. The number of aryl methyl sites for hydroxylation is 1. The number of aromatic nitrogens is 2. The number of imidazole rings is 1. The zero-order chi connectivity index (χ0) is 15.1. The van der Waals surface area contributed by atoms with Gasteiger partial charge in [0, 0.05) is 39.0 Å². The molecule has 1 atom stereocenters. The number of esters is 1. The quantitative estimate of drug-likeness (QED) is 0.679. The van der Waals surface area contributed by atoms with Crippen molar-refractivity contribution in [3.63, 3.8) is 0 Å². The van der Waals surface area contributed by atoms with Crippen molar-refractivity contribution in [3.05, 3.63) is 18.2 Å². The molecule has 0 radical (unpaired) electrons. The summed E-state index contributed by atoms with van der Waals surface area (Å²) in [6.45, 7) is 6.17. The van der Waals surface area contributed by atoms with Gasteiger partial charge in [-0.05, 0) is 19.8 Å². The summed E-state index contributed by atoms with van der Waals surface area (Å²) >= 11 is 0. The maximum Gasteiger partial charge on any atom is 0.306 e. The van der Waals surface area contributed by atoms with Gasteiger partial charge in [0.25, 0.3) is 0 Å². The number of methoxy groups -OCH3 is 1. The standard InChI is InChI=1S/C15H25N3O3/c1-3-18-12-16-9-13(18)10-17(7-6-15(19)20-2)11-14-5-4-8-21-14/h9,12,14H,3-8,10-11H2,1-2H3. The highest BCUT2D eigenvalue weighted by molar-refractivity contribution is 5.69. The topological polar surface area (TPSA) is 56.6 Å². The molecular weight excluding hydrogens is 270 g/mol. The Balaban J connectivity index is 1.94. The largest absolute Gasteiger partial charge is 0.469 e. The van der Waals surface area contributed by atoms with Crippen molar-refractivity contribution in [2.45, 2.75) is 45.4 Å². The van der Waals surface area contributed by atoms with Gasteiger partial charge in [0.2, 0.25) is 0 Å². The molecular formula is C15H25N3O3. The van der Waals surface area contributed by atoms with Crippen LogP contribution in [0.4, 0.5) is 0 Å². The van der Waals surface area contributed by atoms with E-state index in [-0.39, 0.29) is 12.1 Å². The van der Waals surface area contributed by atoms with Crippen LogP contribution >= 0.6 is 0 Å². The Morgan fingerprint density at radius 1 is 1.62 bits per heavy atom. The van der Waals surface area contributed by atoms with Gasteiger partial charge in [0.1, 0.15) is 0 Å². The van der Waals surface area contributed by atoms with Crippen LogP contribution in [0.3, 0.4) is 0 Å². The number of carbonyl (C=O) groups is 1. The maximum atomic E-state index is 11.4. The summed E-state index contributed by atoms with van der Waals surface area (Å²) in [5.41, 5.74) is 1.17. The number of nitrogens with zero attached hydrogens (tertiary/aromatic N) is 3. The minimum atomic E-state index is -0.170. The van der Waals surface area contributed by atoms with Crippen LogP contribution < -0.4 is 0 Å². The molecule has 0 N–H and O–H groups in total. The van der Waals surface area contributed by atoms with E-state index in [1.54, 1.807) is 0 Å². The third kappa shape index (κ3) is 4.82. The molecule has 0 aromatic carbocycles. The van der Waals surface area contributed by atoms with Gasteiger partial charge in [-0.3, -0.25) is 9.69 Å². The lowest BCUT2D eigenvalue weighted by atomic mass is 10.2. The molecule has 1 saturated heterocycles. The summed E-state index contributed by atoms with van der Waals surface area (Å²) in [5.74, 6) is -0.170. The molecule has 6 nitrogen and oxygen atoms in total. The smallest absolute Gasteiger partial charge is 0.306 e. The Morgan fingerprint density at radius 3 is 3.14 bits per heavy atom. The van der Waals surface area contributed by atoms with Crippen LogP contribution in [0, 0.1) is 0 Å². The fraction of sp³-hybridized carbons (Fsp3) is 0.733. The number of hydrogen-bond acceptors (Lipinski definition) is 5. The number of carbonyl (C=O) groups excluding carboxylic acids is 1. The first-order valence-corrected chi connectivity index (χ1v) is 7.62. The average molecular weight is 295 g/mol. The van der Waals surface area contributed by atoms with Gasteiger partial charge in [-0.15, -0.1) is 0 Å². The molecule has 1 aliphatic rings. The Kier molecular flexibility index (Phi) is 6.20. The molecule has 0 aliphatic carbocycles. The second-order valence-corrected chi connectivity index (χ2v) is 5.37. The van der Waals surface area contributed by atoms with E-state index in [9.17, 15) is 4.79 Å². The molecule has 6 heteroatoms. The van der Waals surface area contributed by atoms with Crippen molar-refractivity contribution in [2.24, 2.45) is 0 Å². The van der Waals surface area contributed by atoms with Crippen LogP contribution in [0.5, 0.6) is 0 Å². The van der Waals surface area contributed by atoms with E-state index in [1.807, 2.05) is 12.5 Å². The van der Waals surface area contributed by atoms with Crippen LogP contribution in [0.25, 0.3) is 0 Å². The van der Waals surface area contributed by atoms with Crippen LogP contribution in [0.15, 0.2) is 12.5 Å². The highest BCUT2D eigenvalue weighted by Crippen LogP contribution is 2.15. The minimum absolute atomic E-state index is 0.170. The first kappa shape index (κ1) is 16.0. The summed E-state index contributed by atoms with van der Waals surface area (Å²) in [4.78, 5) is 17.8. The van der Waals surface area contributed by atoms with Gasteiger partial charge in [-0.25, -0.2) is 4.98 Å². The Labute approximate surface area is 126 Å². The minimum Gasteiger partial charge on any atom is -0.469 e. The third-order valence-corrected chi connectivity index (χ3v) is 3.87. The molecule has 0 spiro atoms. The zero-order valence-electron chi connectivity index (χ0n) is 13.0. The van der Waals surface area contributed by atoms with Crippen molar-refractivity contribution < 1.29 is 14.3 Å². The fourth-order valence-corrected chi connectivity index (χ4v) is 2.66. The number of ether oxygens (including phenoxy) is 2. The van der Waals surface area contributed by atoms with Crippen LogP contribution in [-0.4, -0.2) is 53.3 Å². The van der Waals surface area contributed by atoms with E-state index >= 15 is 0 Å². The normalized spacial score (nSPS) is 18.3. The molecule has 0 saturated carbocycles. The van der Waals surface area contributed by atoms with Gasteiger partial charge in [-0.1, -0.05) is 0 Å². The highest BCUT2D eigenvalue weighted by Gasteiger charge is 2.20. The lowest BCUT2D eigenvalue weighted by molar-refractivity contribution is -0.141. The lowest BCUT2D eigenvalue weighted by Crippen LogP contribution is -2.34. The molecule has 118 valence electrons. The van der Waals surface area contributed by atoms with Gasteiger partial charge in [0.15, 0.2) is 0 Å². The molecule has 1 unspecified atom stereocenters. The molecule has 1 fully saturated rings. The van der Waals surface area contributed by atoms with Gasteiger partial charge in [0.05, 0.1) is 31.7 Å². The summed E-state index contributed by atoms with van der Waals surface area (Å²) in [6.07, 6.45) is 6.65. The summed E-state index contributed by atoms with van der Waals surface area (Å²) in [5, 5.41) is 0. The molecule has 21 heavy (non-hydrogen) atoms. The molecule has 1 aliphatic heterocycles. The van der Waals surface area contributed by atoms with Crippen LogP contribution in [0.1, 0.15) is 31.9 Å². The van der Waals surface area contributed by atoms with E-state index in [4.69, 9.17) is 9.47 Å². The molecule has 0 amide bonds. The summed E-state index contributed by atoms with van der Waals surface area (Å²) in [6, 6.07) is 0. The molecule has 2 rings (SSSR count). The number of rotatable bonds is 8. The van der Waals surface area contributed by atoms with E-state index in [1.165, 1.54) is 12.8 Å². The molecule has 2 heterocycles. The SMILES string of the molecule is CCn1cncc1CN(CCC(=O)OC)CC1CCCO1. The van der Waals surface area contributed by atoms with Crippen LogP contribution in [0.2, 0.25) is 0 Å². The van der Waals surface area contributed by atoms with E-state index in [2.05, 4.69) is 21.4 Å². The first-order valence-electron chi connectivity index (χ1n) is 7.62. The van der Waals surface area contributed by atoms with Crippen LogP contribution in [-0.2, 0) is 27.4 Å². The predicted molar refractivity (Wildman–Crippen MR) is 78.8 cm³/mol. The lowest BCUT2D eigenvalue weighted by Gasteiger charge is -2.25. The summed E-state index contributed by atoms with van der Waals surface area (Å²) in [7, 11) is 1.43. The molecule has 0 bridgehead atoms. The van der Waals surface area contributed by atoms with E-state index in [0.717, 1.165) is 39.1 Å². The monoisotopic (exact) mass is 295 g/mol. The van der Waals surface area contributed by atoms with Gasteiger partial charge >= 0.3 is 5.97 Å². The van der Waals surface area contributed by atoms with Gasteiger partial charge in [-0.2, -0.15) is 0 Å². The Morgan fingerprint density at radius 2 is 2.48 bits per heavy atom. The second kappa shape index (κ2) is 8.14. The molecule has 1 aromatic heterocycles. The molecule has 1 aromatic rings.